The Morgan fingerprint density at radius 2 is 1.93 bits per heavy atom. The van der Waals surface area contributed by atoms with Crippen molar-refractivity contribution in [1.82, 2.24) is 5.43 Å². The highest BCUT2D eigenvalue weighted by molar-refractivity contribution is 5.32. The van der Waals surface area contributed by atoms with Gasteiger partial charge in [-0.3, -0.25) is 4.79 Å². The Hall–Kier alpha value is -2.11. The molecule has 0 bridgehead atoms. The summed E-state index contributed by atoms with van der Waals surface area (Å²) in [6, 6.07) is 9.22. The van der Waals surface area contributed by atoms with E-state index in [1.165, 1.54) is 0 Å². The smallest absolute Gasteiger partial charge is 0.290 e. The minimum atomic E-state index is -0.549. The number of carboxylic acid groups (broad SMARTS) is 1. The van der Waals surface area contributed by atoms with Crippen molar-refractivity contribution in [2.75, 3.05) is 0 Å². The lowest BCUT2D eigenvalue weighted by Crippen LogP contribution is -2.20. The molecule has 0 saturated carbocycles. The second kappa shape index (κ2) is 7.53. The van der Waals surface area contributed by atoms with Crippen LogP contribution in [0.5, 0.6) is 0 Å². The van der Waals surface area contributed by atoms with Gasteiger partial charge in [-0.2, -0.15) is 0 Å². The third-order valence-corrected chi connectivity index (χ3v) is 1.26. The Morgan fingerprint density at radius 3 is 2.36 bits per heavy atom. The van der Waals surface area contributed by atoms with Gasteiger partial charge in [0.1, 0.15) is 6.54 Å². The lowest BCUT2D eigenvalue weighted by molar-refractivity contribution is -0.546. The zero-order valence-corrected chi connectivity index (χ0v) is 7.29. The van der Waals surface area contributed by atoms with Crippen molar-refractivity contribution >= 4 is 6.47 Å². The highest BCUT2D eigenvalue weighted by Gasteiger charge is 1.94. The summed E-state index contributed by atoms with van der Waals surface area (Å²) >= 11 is 0. The molecule has 0 radical (unpaired) electrons. The summed E-state index contributed by atoms with van der Waals surface area (Å²) in [6.07, 6.45) is 0. The number of nitrogens with zero attached hydrogens (tertiary/aromatic N) is 1. The van der Waals surface area contributed by atoms with Crippen LogP contribution < -0.4 is 5.43 Å². The molecule has 0 amide bonds. The number of hydrogen-bond acceptors (Lipinski definition) is 3. The van der Waals surface area contributed by atoms with E-state index in [9.17, 15) is 10.1 Å². The summed E-state index contributed by atoms with van der Waals surface area (Å²) < 4.78 is 0. The Labute approximate surface area is 80.3 Å². The maximum atomic E-state index is 9.87. The first-order valence-corrected chi connectivity index (χ1v) is 3.70. The predicted octanol–water partition coefficient (Wildman–Crippen LogP) is 0.669. The van der Waals surface area contributed by atoms with Crippen LogP contribution in [0.25, 0.3) is 0 Å². The van der Waals surface area contributed by atoms with E-state index < -0.39 is 5.03 Å². The number of hydrazine groups is 1. The molecule has 0 aliphatic heterocycles. The number of nitro groups is 1. The molecule has 6 heteroatoms. The fourth-order valence-corrected chi connectivity index (χ4v) is 0.752. The minimum absolute atomic E-state index is 0.250. The summed E-state index contributed by atoms with van der Waals surface area (Å²) in [6.45, 7) is 0.0217. The Bertz CT molecular complexity index is 276. The van der Waals surface area contributed by atoms with E-state index in [-0.39, 0.29) is 13.0 Å². The van der Waals surface area contributed by atoms with Crippen molar-refractivity contribution in [3.63, 3.8) is 0 Å². The average Bonchev–Trinajstić information content (AvgIpc) is 2.18. The first kappa shape index (κ1) is 11.9. The van der Waals surface area contributed by atoms with Gasteiger partial charge in [-0.05, 0) is 5.56 Å². The van der Waals surface area contributed by atoms with Crippen LogP contribution in [-0.4, -0.2) is 16.6 Å². The van der Waals surface area contributed by atoms with Gasteiger partial charge in [0.15, 0.2) is 5.03 Å². The van der Waals surface area contributed by atoms with Crippen molar-refractivity contribution in [3.05, 3.63) is 46.0 Å². The predicted molar refractivity (Wildman–Crippen MR) is 49.0 cm³/mol. The molecule has 0 aliphatic rings. The number of benzene rings is 1. The summed E-state index contributed by atoms with van der Waals surface area (Å²) in [4.78, 5) is 18.2. The van der Waals surface area contributed by atoms with E-state index in [0.29, 0.717) is 0 Å². The van der Waals surface area contributed by atoms with E-state index in [0.717, 1.165) is 5.56 Å². The van der Waals surface area contributed by atoms with E-state index in [1.807, 2.05) is 30.3 Å². The van der Waals surface area contributed by atoms with Crippen LogP contribution >= 0.6 is 0 Å². The lowest BCUT2D eigenvalue weighted by atomic mass is 10.2. The molecule has 1 aromatic carbocycles. The molecule has 76 valence electrons. The van der Waals surface area contributed by atoms with Gasteiger partial charge in [-0.15, -0.1) is 5.43 Å². The maximum absolute atomic E-state index is 9.87. The molecule has 6 nitrogen and oxygen atoms in total. The zero-order valence-electron chi connectivity index (χ0n) is 7.29. The molecule has 0 fully saturated rings. The van der Waals surface area contributed by atoms with Gasteiger partial charge in [0.25, 0.3) is 6.47 Å². The Kier molecular flexibility index (Phi) is 6.40. The van der Waals surface area contributed by atoms with Crippen molar-refractivity contribution < 1.29 is 14.9 Å². The third kappa shape index (κ3) is 6.59. The summed E-state index contributed by atoms with van der Waals surface area (Å²) in [5.41, 5.74) is 2.99. The molecular formula is C8H10N2O4. The quantitative estimate of drug-likeness (QED) is 0.423. The van der Waals surface area contributed by atoms with Gasteiger partial charge in [0, 0.05) is 0 Å². The maximum Gasteiger partial charge on any atom is 0.290 e. The average molecular weight is 198 g/mol. The molecular weight excluding hydrogens is 188 g/mol. The molecule has 2 N–H and O–H groups in total. The highest BCUT2D eigenvalue weighted by Crippen LogP contribution is 1.96. The van der Waals surface area contributed by atoms with Crippen LogP contribution in [0.2, 0.25) is 0 Å². The standard InChI is InChI=1S/C7H8N2O2.CH2O2/c10-9(11)8-6-7-4-2-1-3-5-7;2-1-3/h1-5,8H,6H2;1H,(H,2,3). The molecule has 1 rings (SSSR count). The van der Waals surface area contributed by atoms with Crippen molar-refractivity contribution in [2.45, 2.75) is 6.54 Å². The Morgan fingerprint density at radius 1 is 1.43 bits per heavy atom. The first-order chi connectivity index (χ1) is 6.70. The van der Waals surface area contributed by atoms with Crippen molar-refractivity contribution in [1.29, 1.82) is 0 Å². The van der Waals surface area contributed by atoms with E-state index in [4.69, 9.17) is 9.90 Å². The van der Waals surface area contributed by atoms with Gasteiger partial charge >= 0.3 is 0 Å². The van der Waals surface area contributed by atoms with Gasteiger partial charge in [0.05, 0.1) is 0 Å². The van der Waals surface area contributed by atoms with Crippen LogP contribution in [0.4, 0.5) is 0 Å². The molecule has 0 spiro atoms. The second-order valence-corrected chi connectivity index (χ2v) is 2.18. The summed E-state index contributed by atoms with van der Waals surface area (Å²) in [5, 5.41) is 16.2. The first-order valence-electron chi connectivity index (χ1n) is 3.70. The van der Waals surface area contributed by atoms with Crippen LogP contribution in [0.15, 0.2) is 30.3 Å². The molecule has 14 heavy (non-hydrogen) atoms. The second-order valence-electron chi connectivity index (χ2n) is 2.18. The molecule has 0 aromatic heterocycles. The van der Waals surface area contributed by atoms with Crippen LogP contribution in [0.1, 0.15) is 5.56 Å². The number of nitrogens with one attached hydrogen (secondary N) is 1. The van der Waals surface area contributed by atoms with Crippen LogP contribution in [0, 0.1) is 10.1 Å². The van der Waals surface area contributed by atoms with E-state index in [2.05, 4.69) is 5.43 Å². The number of carbonyl (C=O) groups is 1. The monoisotopic (exact) mass is 198 g/mol. The molecule has 0 heterocycles. The van der Waals surface area contributed by atoms with E-state index in [1.54, 1.807) is 0 Å². The fourth-order valence-electron chi connectivity index (χ4n) is 0.752. The normalized spacial score (nSPS) is 8.00. The summed E-state index contributed by atoms with van der Waals surface area (Å²) in [7, 11) is 0. The van der Waals surface area contributed by atoms with E-state index >= 15 is 0 Å². The summed E-state index contributed by atoms with van der Waals surface area (Å²) in [5.74, 6) is 0. The van der Waals surface area contributed by atoms with Crippen molar-refractivity contribution in [3.8, 4) is 0 Å². The van der Waals surface area contributed by atoms with Gasteiger partial charge in [-0.1, -0.05) is 30.3 Å². The lowest BCUT2D eigenvalue weighted by Gasteiger charge is -1.95. The highest BCUT2D eigenvalue weighted by atomic mass is 16.7. The van der Waals surface area contributed by atoms with Gasteiger partial charge in [0.2, 0.25) is 0 Å². The molecule has 0 atom stereocenters. The van der Waals surface area contributed by atoms with Gasteiger partial charge < -0.3 is 5.11 Å². The number of rotatable bonds is 3. The largest absolute Gasteiger partial charge is 0.483 e. The Balaban J connectivity index is 0.000000500. The fraction of sp³-hybridized carbons (Fsp3) is 0.125. The number of hydrogen-bond donors (Lipinski definition) is 2. The minimum Gasteiger partial charge on any atom is -0.483 e. The molecule has 0 saturated heterocycles. The molecule has 0 aliphatic carbocycles. The molecule has 1 aromatic rings. The third-order valence-electron chi connectivity index (χ3n) is 1.26. The SMILES string of the molecule is O=CO.O=[N+]([O-])NCc1ccccc1. The topological polar surface area (TPSA) is 92.5 Å². The van der Waals surface area contributed by atoms with Crippen molar-refractivity contribution in [2.24, 2.45) is 0 Å². The van der Waals surface area contributed by atoms with Crippen LogP contribution in [0.3, 0.4) is 0 Å². The van der Waals surface area contributed by atoms with Gasteiger partial charge in [-0.25, -0.2) is 10.1 Å². The molecule has 0 unspecified atom stereocenters. The van der Waals surface area contributed by atoms with Crippen LogP contribution in [-0.2, 0) is 11.3 Å². The zero-order chi connectivity index (χ0) is 10.8.